The van der Waals surface area contributed by atoms with Gasteiger partial charge in [-0.25, -0.2) is 0 Å². The molecule has 1 atom stereocenters. The molecule has 3 heterocycles. The first kappa shape index (κ1) is 13.0. The van der Waals surface area contributed by atoms with Crippen molar-refractivity contribution >= 4 is 34.2 Å². The van der Waals surface area contributed by atoms with E-state index in [0.717, 1.165) is 43.5 Å². The van der Waals surface area contributed by atoms with Gasteiger partial charge in [-0.05, 0) is 11.4 Å². The predicted octanol–water partition coefficient (Wildman–Crippen LogP) is 2.00. The number of aliphatic imine (C=N–C) groups is 1. The van der Waals surface area contributed by atoms with Crippen LogP contribution in [0, 0.1) is 0 Å². The van der Waals surface area contributed by atoms with Gasteiger partial charge in [0, 0.05) is 36.8 Å². The molecule has 6 heteroatoms. The lowest BCUT2D eigenvalue weighted by atomic mass is 10.2. The third-order valence-corrected chi connectivity index (χ3v) is 5.23. The largest absolute Gasteiger partial charge is 0.348 e. The summed E-state index contributed by atoms with van der Waals surface area (Å²) in [4.78, 5) is 21.0. The van der Waals surface area contributed by atoms with Gasteiger partial charge in [0.05, 0.1) is 12.1 Å². The van der Waals surface area contributed by atoms with E-state index in [1.54, 1.807) is 11.3 Å². The minimum absolute atomic E-state index is 0.162. The van der Waals surface area contributed by atoms with Crippen LogP contribution in [0.2, 0.25) is 0 Å². The molecule has 1 saturated heterocycles. The van der Waals surface area contributed by atoms with Crippen molar-refractivity contribution in [1.29, 1.82) is 0 Å². The molecule has 0 bridgehead atoms. The summed E-state index contributed by atoms with van der Waals surface area (Å²) in [5.41, 5.74) is 0.819. The average molecular weight is 295 g/mol. The van der Waals surface area contributed by atoms with Crippen LogP contribution in [-0.2, 0) is 0 Å². The van der Waals surface area contributed by atoms with E-state index >= 15 is 0 Å². The van der Waals surface area contributed by atoms with Crippen molar-refractivity contribution in [2.45, 2.75) is 12.2 Å². The Balaban J connectivity index is 1.56. The van der Waals surface area contributed by atoms with Gasteiger partial charge in [0.15, 0.2) is 5.17 Å². The van der Waals surface area contributed by atoms with Crippen LogP contribution in [0.3, 0.4) is 0 Å². The van der Waals surface area contributed by atoms with Crippen molar-refractivity contribution in [2.24, 2.45) is 4.99 Å². The van der Waals surface area contributed by atoms with E-state index in [9.17, 15) is 4.79 Å². The van der Waals surface area contributed by atoms with Gasteiger partial charge >= 0.3 is 0 Å². The summed E-state index contributed by atoms with van der Waals surface area (Å²) in [6.45, 7) is 6.51. The number of thiophene rings is 1. The van der Waals surface area contributed by atoms with Crippen molar-refractivity contribution in [3.63, 3.8) is 0 Å². The standard InChI is InChI=1S/C13H17N3OS2/c1-10-8-14-13(19-10)16-5-3-15(4-6-16)12(17)11-2-7-18-9-11/h2,7,9-10H,3-6,8H2,1H3. The van der Waals surface area contributed by atoms with E-state index in [4.69, 9.17) is 0 Å². The zero-order valence-electron chi connectivity index (χ0n) is 10.9. The Bertz CT molecular complexity index is 478. The zero-order valence-corrected chi connectivity index (χ0v) is 12.5. The Morgan fingerprint density at radius 1 is 1.37 bits per heavy atom. The maximum atomic E-state index is 12.2. The highest BCUT2D eigenvalue weighted by molar-refractivity contribution is 8.14. The highest BCUT2D eigenvalue weighted by atomic mass is 32.2. The molecule has 1 aromatic heterocycles. The number of carbonyl (C=O) groups excluding carboxylic acids is 1. The van der Waals surface area contributed by atoms with E-state index in [2.05, 4.69) is 16.8 Å². The molecule has 0 N–H and O–H groups in total. The number of hydrogen-bond acceptors (Lipinski definition) is 5. The smallest absolute Gasteiger partial charge is 0.254 e. The Labute approximate surface area is 121 Å². The predicted molar refractivity (Wildman–Crippen MR) is 81.2 cm³/mol. The first-order valence-corrected chi connectivity index (χ1v) is 8.34. The molecule has 2 aliphatic rings. The van der Waals surface area contributed by atoms with E-state index in [0.29, 0.717) is 5.25 Å². The van der Waals surface area contributed by atoms with Crippen LogP contribution in [0.25, 0.3) is 0 Å². The molecule has 1 unspecified atom stereocenters. The number of rotatable bonds is 1. The molecule has 1 aromatic rings. The average Bonchev–Trinajstić information content (AvgIpc) is 3.09. The van der Waals surface area contributed by atoms with Crippen molar-refractivity contribution in [1.82, 2.24) is 9.80 Å². The molecule has 0 aromatic carbocycles. The molecule has 1 amide bonds. The Morgan fingerprint density at radius 2 is 2.16 bits per heavy atom. The number of amides is 1. The van der Waals surface area contributed by atoms with Crippen LogP contribution in [-0.4, -0.2) is 58.8 Å². The lowest BCUT2D eigenvalue weighted by Crippen LogP contribution is -2.49. The van der Waals surface area contributed by atoms with Crippen LogP contribution in [0.5, 0.6) is 0 Å². The van der Waals surface area contributed by atoms with Gasteiger partial charge in [0.25, 0.3) is 5.91 Å². The Morgan fingerprint density at radius 3 is 2.74 bits per heavy atom. The number of hydrogen-bond donors (Lipinski definition) is 0. The molecule has 0 spiro atoms. The Hall–Kier alpha value is -1.01. The second kappa shape index (κ2) is 5.54. The van der Waals surface area contributed by atoms with Gasteiger partial charge in [-0.3, -0.25) is 9.79 Å². The minimum Gasteiger partial charge on any atom is -0.348 e. The summed E-state index contributed by atoms with van der Waals surface area (Å²) < 4.78 is 0. The van der Waals surface area contributed by atoms with E-state index in [1.165, 1.54) is 0 Å². The van der Waals surface area contributed by atoms with Gasteiger partial charge in [0.2, 0.25) is 0 Å². The third-order valence-electron chi connectivity index (χ3n) is 3.40. The topological polar surface area (TPSA) is 35.9 Å². The van der Waals surface area contributed by atoms with Crippen molar-refractivity contribution in [3.05, 3.63) is 22.4 Å². The van der Waals surface area contributed by atoms with E-state index < -0.39 is 0 Å². The highest BCUT2D eigenvalue weighted by Crippen LogP contribution is 2.24. The van der Waals surface area contributed by atoms with Gasteiger partial charge in [-0.1, -0.05) is 18.7 Å². The number of piperazine rings is 1. The summed E-state index contributed by atoms with van der Waals surface area (Å²) in [5.74, 6) is 0.162. The number of amidine groups is 1. The van der Waals surface area contributed by atoms with Gasteiger partial charge in [0.1, 0.15) is 0 Å². The maximum Gasteiger partial charge on any atom is 0.254 e. The molecule has 102 valence electrons. The fourth-order valence-electron chi connectivity index (χ4n) is 2.31. The first-order valence-electron chi connectivity index (χ1n) is 6.51. The van der Waals surface area contributed by atoms with E-state index in [1.807, 2.05) is 33.5 Å². The van der Waals surface area contributed by atoms with Crippen molar-refractivity contribution < 1.29 is 4.79 Å². The highest BCUT2D eigenvalue weighted by Gasteiger charge is 2.26. The van der Waals surface area contributed by atoms with E-state index in [-0.39, 0.29) is 5.91 Å². The fourth-order valence-corrected chi connectivity index (χ4v) is 3.92. The third kappa shape index (κ3) is 2.79. The van der Waals surface area contributed by atoms with Crippen LogP contribution in [0.4, 0.5) is 0 Å². The molecule has 0 aliphatic carbocycles. The number of nitrogens with zero attached hydrogens (tertiary/aromatic N) is 3. The minimum atomic E-state index is 0.162. The SMILES string of the molecule is CC1CN=C(N2CCN(C(=O)c3ccsc3)CC2)S1. The summed E-state index contributed by atoms with van der Waals surface area (Å²) in [6, 6.07) is 1.90. The molecule has 3 rings (SSSR count). The molecule has 0 radical (unpaired) electrons. The first-order chi connectivity index (χ1) is 9.24. The molecule has 1 fully saturated rings. The zero-order chi connectivity index (χ0) is 13.2. The monoisotopic (exact) mass is 295 g/mol. The maximum absolute atomic E-state index is 12.2. The fraction of sp³-hybridized carbons (Fsp3) is 0.538. The summed E-state index contributed by atoms with van der Waals surface area (Å²) in [5, 5.41) is 5.64. The lowest BCUT2D eigenvalue weighted by molar-refractivity contribution is 0.0694. The number of thioether (sulfide) groups is 1. The number of carbonyl (C=O) groups is 1. The summed E-state index contributed by atoms with van der Waals surface area (Å²) in [6.07, 6.45) is 0. The van der Waals surface area contributed by atoms with Crippen LogP contribution in [0.15, 0.2) is 21.8 Å². The summed E-state index contributed by atoms with van der Waals surface area (Å²) in [7, 11) is 0. The van der Waals surface area contributed by atoms with Gasteiger partial charge < -0.3 is 9.80 Å². The Kier molecular flexibility index (Phi) is 3.79. The normalized spacial score (nSPS) is 23.6. The van der Waals surface area contributed by atoms with Crippen LogP contribution in [0.1, 0.15) is 17.3 Å². The van der Waals surface area contributed by atoms with Gasteiger partial charge in [-0.15, -0.1) is 0 Å². The lowest BCUT2D eigenvalue weighted by Gasteiger charge is -2.35. The second-order valence-corrected chi connectivity index (χ2v) is 7.03. The quantitative estimate of drug-likeness (QED) is 0.795. The van der Waals surface area contributed by atoms with Crippen LogP contribution < -0.4 is 0 Å². The molecule has 4 nitrogen and oxygen atoms in total. The molecular weight excluding hydrogens is 278 g/mol. The molecule has 2 aliphatic heterocycles. The van der Waals surface area contributed by atoms with Crippen LogP contribution >= 0.6 is 23.1 Å². The molecule has 19 heavy (non-hydrogen) atoms. The van der Waals surface area contributed by atoms with Crippen molar-refractivity contribution in [2.75, 3.05) is 32.7 Å². The van der Waals surface area contributed by atoms with Gasteiger partial charge in [-0.2, -0.15) is 11.3 Å². The molecular formula is C13H17N3OS2. The van der Waals surface area contributed by atoms with Crippen molar-refractivity contribution in [3.8, 4) is 0 Å². The summed E-state index contributed by atoms with van der Waals surface area (Å²) >= 11 is 3.43. The second-order valence-electron chi connectivity index (χ2n) is 4.84. The molecule has 0 saturated carbocycles.